The average Bonchev–Trinajstić information content (AvgIpc) is 2.26. The summed E-state index contributed by atoms with van der Waals surface area (Å²) in [7, 11) is 0. The van der Waals surface area contributed by atoms with E-state index in [2.05, 4.69) is 5.32 Å². The number of nitrogens with one attached hydrogen (secondary N) is 1. The molecule has 0 radical (unpaired) electrons. The van der Waals surface area contributed by atoms with Crippen molar-refractivity contribution < 1.29 is 18.0 Å². The molecule has 0 bridgehead atoms. The van der Waals surface area contributed by atoms with Crippen LogP contribution in [0.15, 0.2) is 0 Å². The molecule has 0 unspecified atom stereocenters. The number of nitrogens with zero attached hydrogens (tertiary/aromatic N) is 1. The lowest BCUT2D eigenvalue weighted by Gasteiger charge is -2.36. The third kappa shape index (κ3) is 4.15. The van der Waals surface area contributed by atoms with Crippen LogP contribution in [0.25, 0.3) is 0 Å². The number of hydrogen-bond donors (Lipinski definition) is 1. The summed E-state index contributed by atoms with van der Waals surface area (Å²) in [5, 5.41) is 2.73. The summed E-state index contributed by atoms with van der Waals surface area (Å²) < 4.78 is 38.0. The van der Waals surface area contributed by atoms with Gasteiger partial charge in [0.25, 0.3) is 0 Å². The predicted molar refractivity (Wildman–Crippen MR) is 63.1 cm³/mol. The SMILES string of the molecule is CC(C)NC(=O)[C@@H](C)N1CCC[C@H](C(F)(F)F)C1. The summed E-state index contributed by atoms with van der Waals surface area (Å²) >= 11 is 0. The van der Waals surface area contributed by atoms with Gasteiger partial charge in [0.15, 0.2) is 0 Å². The Morgan fingerprint density at radius 2 is 1.94 bits per heavy atom. The van der Waals surface area contributed by atoms with Crippen LogP contribution in [0, 0.1) is 5.92 Å². The molecule has 0 aliphatic carbocycles. The Labute approximate surface area is 106 Å². The van der Waals surface area contributed by atoms with Crippen molar-refractivity contribution in [3.63, 3.8) is 0 Å². The van der Waals surface area contributed by atoms with Crippen molar-refractivity contribution in [2.45, 2.75) is 51.9 Å². The van der Waals surface area contributed by atoms with Gasteiger partial charge in [0.05, 0.1) is 12.0 Å². The summed E-state index contributed by atoms with van der Waals surface area (Å²) in [5.41, 5.74) is 0. The van der Waals surface area contributed by atoms with Crippen LogP contribution in [0.4, 0.5) is 13.2 Å². The van der Waals surface area contributed by atoms with Gasteiger partial charge in [0.1, 0.15) is 0 Å². The quantitative estimate of drug-likeness (QED) is 0.849. The van der Waals surface area contributed by atoms with Crippen molar-refractivity contribution >= 4 is 5.91 Å². The zero-order chi connectivity index (χ0) is 13.9. The van der Waals surface area contributed by atoms with E-state index in [1.54, 1.807) is 11.8 Å². The fourth-order valence-corrected chi connectivity index (χ4v) is 2.20. The summed E-state index contributed by atoms with van der Waals surface area (Å²) in [4.78, 5) is 13.4. The molecule has 1 heterocycles. The van der Waals surface area contributed by atoms with Crippen molar-refractivity contribution in [3.05, 3.63) is 0 Å². The number of carbonyl (C=O) groups excluding carboxylic acids is 1. The van der Waals surface area contributed by atoms with Crippen molar-refractivity contribution in [2.24, 2.45) is 5.92 Å². The number of alkyl halides is 3. The van der Waals surface area contributed by atoms with Crippen LogP contribution < -0.4 is 5.32 Å². The average molecular weight is 266 g/mol. The number of likely N-dealkylation sites (tertiary alicyclic amines) is 1. The smallest absolute Gasteiger partial charge is 0.353 e. The first kappa shape index (κ1) is 15.3. The van der Waals surface area contributed by atoms with E-state index in [1.807, 2.05) is 13.8 Å². The second kappa shape index (κ2) is 5.91. The van der Waals surface area contributed by atoms with Gasteiger partial charge in [-0.2, -0.15) is 13.2 Å². The largest absolute Gasteiger partial charge is 0.393 e. The molecular weight excluding hydrogens is 245 g/mol. The summed E-state index contributed by atoms with van der Waals surface area (Å²) in [5.74, 6) is -1.51. The highest BCUT2D eigenvalue weighted by atomic mass is 19.4. The molecule has 0 saturated carbocycles. The number of hydrogen-bond acceptors (Lipinski definition) is 2. The Hall–Kier alpha value is -0.780. The van der Waals surface area contributed by atoms with Gasteiger partial charge in [-0.25, -0.2) is 0 Å². The molecule has 0 spiro atoms. The number of piperidine rings is 1. The van der Waals surface area contributed by atoms with Crippen LogP contribution in [0.3, 0.4) is 0 Å². The maximum Gasteiger partial charge on any atom is 0.393 e. The molecule has 3 nitrogen and oxygen atoms in total. The monoisotopic (exact) mass is 266 g/mol. The molecule has 2 atom stereocenters. The second-order valence-corrected chi connectivity index (χ2v) is 5.21. The zero-order valence-corrected chi connectivity index (χ0v) is 11.0. The van der Waals surface area contributed by atoms with Crippen LogP contribution >= 0.6 is 0 Å². The van der Waals surface area contributed by atoms with Gasteiger partial charge >= 0.3 is 6.18 Å². The maximum atomic E-state index is 12.7. The van der Waals surface area contributed by atoms with Gasteiger partial charge in [0.2, 0.25) is 5.91 Å². The number of rotatable bonds is 3. The van der Waals surface area contributed by atoms with E-state index in [0.717, 1.165) is 0 Å². The molecule has 0 aromatic rings. The Balaban J connectivity index is 2.58. The van der Waals surface area contributed by atoms with Crippen LogP contribution in [-0.2, 0) is 4.79 Å². The van der Waals surface area contributed by atoms with Crippen molar-refractivity contribution in [1.82, 2.24) is 10.2 Å². The predicted octanol–water partition coefficient (Wildman–Crippen LogP) is 2.17. The Morgan fingerprint density at radius 1 is 1.33 bits per heavy atom. The molecule has 1 amide bonds. The molecule has 1 saturated heterocycles. The highest BCUT2D eigenvalue weighted by Gasteiger charge is 2.43. The van der Waals surface area contributed by atoms with Crippen molar-refractivity contribution in [2.75, 3.05) is 13.1 Å². The Bertz CT molecular complexity index is 292. The fraction of sp³-hybridized carbons (Fsp3) is 0.917. The van der Waals surface area contributed by atoms with E-state index >= 15 is 0 Å². The van der Waals surface area contributed by atoms with Crippen LogP contribution in [0.2, 0.25) is 0 Å². The first-order valence-electron chi connectivity index (χ1n) is 6.33. The van der Waals surface area contributed by atoms with E-state index in [1.165, 1.54) is 0 Å². The molecule has 18 heavy (non-hydrogen) atoms. The third-order valence-electron chi connectivity index (χ3n) is 3.27. The summed E-state index contributed by atoms with van der Waals surface area (Å²) in [6.07, 6.45) is -3.51. The van der Waals surface area contributed by atoms with Crippen molar-refractivity contribution in [1.29, 1.82) is 0 Å². The number of carbonyl (C=O) groups is 1. The maximum absolute atomic E-state index is 12.7. The fourth-order valence-electron chi connectivity index (χ4n) is 2.20. The molecule has 1 rings (SSSR count). The van der Waals surface area contributed by atoms with Gasteiger partial charge < -0.3 is 5.32 Å². The van der Waals surface area contributed by atoms with Crippen LogP contribution in [0.1, 0.15) is 33.6 Å². The molecule has 1 N–H and O–H groups in total. The van der Waals surface area contributed by atoms with Crippen molar-refractivity contribution in [3.8, 4) is 0 Å². The molecule has 106 valence electrons. The van der Waals surface area contributed by atoms with E-state index in [0.29, 0.717) is 13.0 Å². The highest BCUT2D eigenvalue weighted by Crippen LogP contribution is 2.33. The minimum absolute atomic E-state index is 0.00292. The second-order valence-electron chi connectivity index (χ2n) is 5.21. The standard InChI is InChI=1S/C12H21F3N2O/c1-8(2)16-11(18)9(3)17-6-4-5-10(7-17)12(13,14)15/h8-10H,4-7H2,1-3H3,(H,16,18)/t9-,10+/m1/s1. The lowest BCUT2D eigenvalue weighted by molar-refractivity contribution is -0.189. The molecule has 1 aliphatic heterocycles. The molecule has 1 aliphatic rings. The van der Waals surface area contributed by atoms with E-state index in [-0.39, 0.29) is 24.9 Å². The lowest BCUT2D eigenvalue weighted by atomic mass is 9.96. The zero-order valence-electron chi connectivity index (χ0n) is 11.0. The Kier molecular flexibility index (Phi) is 5.01. The normalized spacial score (nSPS) is 24.1. The summed E-state index contributed by atoms with van der Waals surface area (Å²) in [6, 6.07) is -0.499. The first-order valence-corrected chi connectivity index (χ1v) is 6.33. The van der Waals surface area contributed by atoms with Gasteiger partial charge in [-0.05, 0) is 40.2 Å². The van der Waals surface area contributed by atoms with Gasteiger partial charge in [-0.15, -0.1) is 0 Å². The van der Waals surface area contributed by atoms with Gasteiger partial charge in [-0.3, -0.25) is 9.69 Å². The lowest BCUT2D eigenvalue weighted by Crippen LogP contribution is -2.52. The highest BCUT2D eigenvalue weighted by molar-refractivity contribution is 5.81. The van der Waals surface area contributed by atoms with E-state index < -0.39 is 18.1 Å². The van der Waals surface area contributed by atoms with Gasteiger partial charge in [0, 0.05) is 12.6 Å². The molecular formula is C12H21F3N2O. The topological polar surface area (TPSA) is 32.3 Å². The third-order valence-corrected chi connectivity index (χ3v) is 3.27. The Morgan fingerprint density at radius 3 is 2.44 bits per heavy atom. The van der Waals surface area contributed by atoms with Crippen LogP contribution in [-0.4, -0.2) is 42.2 Å². The molecule has 1 fully saturated rings. The minimum Gasteiger partial charge on any atom is -0.353 e. The molecule has 6 heteroatoms. The minimum atomic E-state index is -4.16. The van der Waals surface area contributed by atoms with E-state index in [4.69, 9.17) is 0 Å². The molecule has 0 aromatic heterocycles. The molecule has 0 aromatic carbocycles. The van der Waals surface area contributed by atoms with E-state index in [9.17, 15) is 18.0 Å². The first-order chi connectivity index (χ1) is 8.21. The van der Waals surface area contributed by atoms with Gasteiger partial charge in [-0.1, -0.05) is 0 Å². The van der Waals surface area contributed by atoms with Crippen LogP contribution in [0.5, 0.6) is 0 Å². The summed E-state index contributed by atoms with van der Waals surface area (Å²) in [6.45, 7) is 5.81. The number of halogens is 3. The number of amides is 1.